The second-order valence-electron chi connectivity index (χ2n) is 8.43. The first-order valence-corrected chi connectivity index (χ1v) is 11.0. The van der Waals surface area contributed by atoms with E-state index in [1.165, 1.54) is 0 Å². The van der Waals surface area contributed by atoms with Gasteiger partial charge in [0.2, 0.25) is 5.91 Å². The van der Waals surface area contributed by atoms with Gasteiger partial charge in [-0.05, 0) is 42.7 Å². The Balaban J connectivity index is 1.47. The Labute approximate surface area is 183 Å². The van der Waals surface area contributed by atoms with Crippen LogP contribution in [0.25, 0.3) is 5.82 Å². The summed E-state index contributed by atoms with van der Waals surface area (Å²) < 4.78 is 7.26. The van der Waals surface area contributed by atoms with E-state index >= 15 is 0 Å². The number of pyridine rings is 1. The van der Waals surface area contributed by atoms with Crippen LogP contribution in [0.1, 0.15) is 55.6 Å². The third-order valence-corrected chi connectivity index (χ3v) is 5.90. The van der Waals surface area contributed by atoms with Crippen LogP contribution < -0.4 is 4.74 Å². The summed E-state index contributed by atoms with van der Waals surface area (Å²) in [6, 6.07) is 13.9. The lowest BCUT2D eigenvalue weighted by molar-refractivity contribution is -0.131. The van der Waals surface area contributed by atoms with Crippen LogP contribution in [0.4, 0.5) is 0 Å². The molecule has 1 aromatic carbocycles. The Morgan fingerprint density at radius 2 is 2.00 bits per heavy atom. The van der Waals surface area contributed by atoms with Gasteiger partial charge in [-0.15, -0.1) is 0 Å². The van der Waals surface area contributed by atoms with Crippen molar-refractivity contribution in [3.63, 3.8) is 0 Å². The summed E-state index contributed by atoms with van der Waals surface area (Å²) in [5.74, 6) is 3.44. The Kier molecular flexibility index (Phi) is 6.35. The normalized spacial score (nSPS) is 16.5. The van der Waals surface area contributed by atoms with Gasteiger partial charge in [0.15, 0.2) is 0 Å². The molecule has 31 heavy (non-hydrogen) atoms. The SMILES string of the molecule is COc1ccc(CC(=O)N2CCCC(c3cccc(-n4ccnc4C(C)C)n3)C2)cc1. The van der Waals surface area contributed by atoms with E-state index in [1.54, 1.807) is 7.11 Å². The van der Waals surface area contributed by atoms with E-state index in [0.29, 0.717) is 18.9 Å². The van der Waals surface area contributed by atoms with Gasteiger partial charge >= 0.3 is 0 Å². The van der Waals surface area contributed by atoms with E-state index in [4.69, 9.17) is 9.72 Å². The molecule has 0 radical (unpaired) electrons. The number of aromatic nitrogens is 3. The number of benzene rings is 1. The Morgan fingerprint density at radius 1 is 1.19 bits per heavy atom. The molecule has 0 bridgehead atoms. The number of rotatable bonds is 6. The highest BCUT2D eigenvalue weighted by Gasteiger charge is 2.26. The lowest BCUT2D eigenvalue weighted by atomic mass is 9.93. The molecule has 162 valence electrons. The lowest BCUT2D eigenvalue weighted by Crippen LogP contribution is -2.40. The lowest BCUT2D eigenvalue weighted by Gasteiger charge is -2.33. The second-order valence-corrected chi connectivity index (χ2v) is 8.43. The molecule has 4 rings (SSSR count). The zero-order valence-electron chi connectivity index (χ0n) is 18.5. The molecule has 1 aliphatic heterocycles. The Hall–Kier alpha value is -3.15. The van der Waals surface area contributed by atoms with Crippen LogP contribution in [0.15, 0.2) is 54.9 Å². The zero-order valence-corrected chi connectivity index (χ0v) is 18.5. The molecular weight excluding hydrogens is 388 g/mol. The molecule has 0 spiro atoms. The number of carbonyl (C=O) groups excluding carboxylic acids is 1. The Morgan fingerprint density at radius 3 is 2.74 bits per heavy atom. The summed E-state index contributed by atoms with van der Waals surface area (Å²) >= 11 is 0. The minimum atomic E-state index is 0.169. The molecule has 0 saturated carbocycles. The Bertz CT molecular complexity index is 1030. The van der Waals surface area contributed by atoms with Crippen molar-refractivity contribution in [2.75, 3.05) is 20.2 Å². The average Bonchev–Trinajstić information content (AvgIpc) is 3.30. The van der Waals surface area contributed by atoms with Crippen LogP contribution in [-0.4, -0.2) is 45.5 Å². The maximum absolute atomic E-state index is 12.9. The monoisotopic (exact) mass is 418 g/mol. The summed E-state index contributed by atoms with van der Waals surface area (Å²) in [7, 11) is 1.65. The minimum absolute atomic E-state index is 0.169. The molecule has 6 heteroatoms. The number of amides is 1. The fourth-order valence-corrected chi connectivity index (χ4v) is 4.21. The van der Waals surface area contributed by atoms with Crippen LogP contribution in [0.3, 0.4) is 0 Å². The predicted octanol–water partition coefficient (Wildman–Crippen LogP) is 4.35. The summed E-state index contributed by atoms with van der Waals surface area (Å²) in [6.07, 6.45) is 6.24. The highest BCUT2D eigenvalue weighted by atomic mass is 16.5. The molecule has 3 aromatic rings. The molecule has 1 saturated heterocycles. The van der Waals surface area contributed by atoms with Crippen LogP contribution in [0.5, 0.6) is 5.75 Å². The quantitative estimate of drug-likeness (QED) is 0.597. The van der Waals surface area contributed by atoms with Crippen molar-refractivity contribution in [2.45, 2.75) is 44.9 Å². The van der Waals surface area contributed by atoms with Crippen molar-refractivity contribution < 1.29 is 9.53 Å². The summed E-state index contributed by atoms with van der Waals surface area (Å²) in [6.45, 7) is 5.79. The third kappa shape index (κ3) is 4.79. The molecule has 2 aromatic heterocycles. The maximum atomic E-state index is 12.9. The molecule has 6 nitrogen and oxygen atoms in total. The van der Waals surface area contributed by atoms with Crippen LogP contribution in [0, 0.1) is 0 Å². The smallest absolute Gasteiger partial charge is 0.227 e. The molecule has 1 unspecified atom stereocenters. The van der Waals surface area contributed by atoms with E-state index in [0.717, 1.165) is 48.0 Å². The number of imidazole rings is 1. The van der Waals surface area contributed by atoms with E-state index in [1.807, 2.05) is 47.6 Å². The van der Waals surface area contributed by atoms with Gasteiger partial charge in [0.25, 0.3) is 0 Å². The zero-order chi connectivity index (χ0) is 21.8. The van der Waals surface area contributed by atoms with Crippen molar-refractivity contribution in [3.05, 3.63) is 71.9 Å². The van der Waals surface area contributed by atoms with E-state index in [2.05, 4.69) is 35.5 Å². The molecule has 1 atom stereocenters. The van der Waals surface area contributed by atoms with Crippen molar-refractivity contribution in [1.82, 2.24) is 19.4 Å². The van der Waals surface area contributed by atoms with Gasteiger partial charge in [0.1, 0.15) is 17.4 Å². The van der Waals surface area contributed by atoms with Crippen molar-refractivity contribution >= 4 is 5.91 Å². The highest BCUT2D eigenvalue weighted by molar-refractivity contribution is 5.79. The maximum Gasteiger partial charge on any atom is 0.227 e. The number of hydrogen-bond donors (Lipinski definition) is 0. The van der Waals surface area contributed by atoms with Crippen molar-refractivity contribution in [2.24, 2.45) is 0 Å². The van der Waals surface area contributed by atoms with E-state index in [9.17, 15) is 4.79 Å². The topological polar surface area (TPSA) is 60.2 Å². The minimum Gasteiger partial charge on any atom is -0.497 e. The van der Waals surface area contributed by atoms with Crippen LogP contribution >= 0.6 is 0 Å². The number of likely N-dealkylation sites (tertiary alicyclic amines) is 1. The predicted molar refractivity (Wildman–Crippen MR) is 121 cm³/mol. The first-order valence-electron chi connectivity index (χ1n) is 11.0. The third-order valence-electron chi connectivity index (χ3n) is 5.90. The standard InChI is InChI=1S/C25H30N4O2/c1-18(2)25-26-13-15-29(25)23-8-4-7-22(27-23)20-6-5-14-28(17-20)24(30)16-19-9-11-21(31-3)12-10-19/h4,7-13,15,18,20H,5-6,14,16-17H2,1-3H3. The molecule has 0 aliphatic carbocycles. The summed E-state index contributed by atoms with van der Waals surface area (Å²) in [5.41, 5.74) is 2.05. The van der Waals surface area contributed by atoms with Gasteiger partial charge in [-0.25, -0.2) is 9.97 Å². The van der Waals surface area contributed by atoms with Gasteiger partial charge in [-0.1, -0.05) is 32.0 Å². The fourth-order valence-electron chi connectivity index (χ4n) is 4.21. The molecule has 1 fully saturated rings. The number of hydrogen-bond acceptors (Lipinski definition) is 4. The molecule has 1 aliphatic rings. The van der Waals surface area contributed by atoms with Crippen molar-refractivity contribution in [1.29, 1.82) is 0 Å². The molecular formula is C25H30N4O2. The molecule has 0 N–H and O–H groups in total. The number of carbonyl (C=O) groups is 1. The van der Waals surface area contributed by atoms with E-state index < -0.39 is 0 Å². The van der Waals surface area contributed by atoms with Gasteiger partial charge < -0.3 is 9.64 Å². The first kappa shape index (κ1) is 21.1. The van der Waals surface area contributed by atoms with Gasteiger partial charge in [-0.2, -0.15) is 0 Å². The molecule has 3 heterocycles. The second kappa shape index (κ2) is 9.33. The first-order chi connectivity index (χ1) is 15.0. The van der Waals surface area contributed by atoms with Gasteiger partial charge in [0.05, 0.1) is 13.5 Å². The highest BCUT2D eigenvalue weighted by Crippen LogP contribution is 2.27. The fraction of sp³-hybridized carbons (Fsp3) is 0.400. The average molecular weight is 419 g/mol. The van der Waals surface area contributed by atoms with Gasteiger partial charge in [-0.3, -0.25) is 9.36 Å². The number of ether oxygens (including phenoxy) is 1. The van der Waals surface area contributed by atoms with Crippen LogP contribution in [0.2, 0.25) is 0 Å². The summed E-state index contributed by atoms with van der Waals surface area (Å²) in [5, 5.41) is 0. The van der Waals surface area contributed by atoms with E-state index in [-0.39, 0.29) is 11.8 Å². The van der Waals surface area contributed by atoms with Crippen LogP contribution in [-0.2, 0) is 11.2 Å². The number of nitrogens with zero attached hydrogens (tertiary/aromatic N) is 4. The number of piperidine rings is 1. The largest absolute Gasteiger partial charge is 0.497 e. The summed E-state index contributed by atoms with van der Waals surface area (Å²) in [4.78, 5) is 24.4. The number of methoxy groups -OCH3 is 1. The van der Waals surface area contributed by atoms with Crippen molar-refractivity contribution in [3.8, 4) is 11.6 Å². The molecule has 1 amide bonds. The van der Waals surface area contributed by atoms with Gasteiger partial charge in [0, 0.05) is 43.0 Å².